The number of hydrogen-bond acceptors (Lipinski definition) is 5. The summed E-state index contributed by atoms with van der Waals surface area (Å²) in [7, 11) is 0. The molecule has 402 valence electrons. The molecule has 2 unspecified atom stereocenters. The van der Waals surface area contributed by atoms with Crippen molar-refractivity contribution in [3.05, 3.63) is 24.3 Å². The maximum Gasteiger partial charge on any atom is 0.305 e. The van der Waals surface area contributed by atoms with Gasteiger partial charge in [0.05, 0.1) is 25.4 Å². The van der Waals surface area contributed by atoms with Crippen LogP contribution in [-0.4, -0.2) is 47.4 Å². The van der Waals surface area contributed by atoms with Gasteiger partial charge in [0.1, 0.15) is 0 Å². The molecule has 68 heavy (non-hydrogen) atoms. The molecule has 0 bridgehead atoms. The Morgan fingerprint density at radius 1 is 0.397 bits per heavy atom. The lowest BCUT2D eigenvalue weighted by Gasteiger charge is -2.20. The topological polar surface area (TPSA) is 95.9 Å². The molecule has 2 atom stereocenters. The van der Waals surface area contributed by atoms with E-state index in [-0.39, 0.29) is 18.5 Å². The van der Waals surface area contributed by atoms with Gasteiger partial charge in [-0.1, -0.05) is 289 Å². The van der Waals surface area contributed by atoms with E-state index in [1.165, 1.54) is 263 Å². The number of esters is 1. The molecule has 3 N–H and O–H groups in total. The molecule has 0 rings (SSSR count). The highest BCUT2D eigenvalue weighted by Crippen LogP contribution is 2.18. The molecule has 6 heteroatoms. The summed E-state index contributed by atoms with van der Waals surface area (Å²) in [6.07, 6.45) is 71.0. The van der Waals surface area contributed by atoms with E-state index in [9.17, 15) is 19.8 Å². The molecule has 0 aromatic rings. The van der Waals surface area contributed by atoms with Crippen molar-refractivity contribution < 1.29 is 24.5 Å². The second-order valence-electron chi connectivity index (χ2n) is 21.0. The molecule has 0 radical (unpaired) electrons. The van der Waals surface area contributed by atoms with Crippen LogP contribution in [0, 0.1) is 0 Å². The Kier molecular flexibility index (Phi) is 56.5. The monoisotopic (exact) mass is 958 g/mol. The molecule has 0 heterocycles. The summed E-state index contributed by atoms with van der Waals surface area (Å²) in [6, 6.07) is -0.622. The highest BCUT2D eigenvalue weighted by atomic mass is 16.5. The molecule has 0 saturated heterocycles. The van der Waals surface area contributed by atoms with Gasteiger partial charge in [-0.25, -0.2) is 0 Å². The van der Waals surface area contributed by atoms with Gasteiger partial charge in [0.25, 0.3) is 0 Å². The molecule has 6 nitrogen and oxygen atoms in total. The highest BCUT2D eigenvalue weighted by Gasteiger charge is 2.18. The van der Waals surface area contributed by atoms with Crippen molar-refractivity contribution in [3.8, 4) is 0 Å². The minimum Gasteiger partial charge on any atom is -0.466 e. The van der Waals surface area contributed by atoms with Crippen LogP contribution in [-0.2, 0) is 14.3 Å². The summed E-state index contributed by atoms with van der Waals surface area (Å²) in [6.45, 7) is 4.87. The minimum absolute atomic E-state index is 0.00982. The molecule has 0 aliphatic carbocycles. The average molecular weight is 959 g/mol. The second kappa shape index (κ2) is 57.9. The Labute approximate surface area is 424 Å². The molecule has 0 aliphatic heterocycles. The van der Waals surface area contributed by atoms with Gasteiger partial charge in [-0.3, -0.25) is 9.59 Å². The standard InChI is InChI=1S/C62H119NO5/c1-3-5-7-9-11-13-14-32-36-40-44-48-52-56-62(67)68-57-53-49-45-41-37-34-31-29-27-25-23-21-19-17-15-16-18-20-22-24-26-28-30-33-35-39-43-47-51-55-61(66)63-59(58-64)60(65)54-50-46-42-38-12-10-8-6-4-2/h13-14,50,54,59-60,64-65H,3-12,15-49,51-53,55-58H2,1-2H3,(H,63,66)/b14-13-,54-50+. The molecular weight excluding hydrogens is 839 g/mol. The molecule has 0 aromatic heterocycles. The zero-order valence-corrected chi connectivity index (χ0v) is 45.9. The average Bonchev–Trinajstić information content (AvgIpc) is 3.34. The van der Waals surface area contributed by atoms with E-state index in [1.54, 1.807) is 6.08 Å². The van der Waals surface area contributed by atoms with Gasteiger partial charge in [-0.05, 0) is 57.8 Å². The van der Waals surface area contributed by atoms with Crippen molar-refractivity contribution in [3.63, 3.8) is 0 Å². The lowest BCUT2D eigenvalue weighted by Crippen LogP contribution is -2.45. The first kappa shape index (κ1) is 66.3. The van der Waals surface area contributed by atoms with Crippen LogP contribution in [0.3, 0.4) is 0 Å². The van der Waals surface area contributed by atoms with Crippen LogP contribution in [0.25, 0.3) is 0 Å². The molecule has 0 aromatic carbocycles. The van der Waals surface area contributed by atoms with Crippen LogP contribution in [0.1, 0.15) is 335 Å². The molecule has 0 fully saturated rings. The smallest absolute Gasteiger partial charge is 0.305 e. The number of aliphatic hydroxyl groups excluding tert-OH is 2. The molecule has 0 aliphatic rings. The normalized spacial score (nSPS) is 12.7. The third-order valence-corrected chi connectivity index (χ3v) is 14.2. The van der Waals surface area contributed by atoms with Crippen LogP contribution in [0.2, 0.25) is 0 Å². The minimum atomic E-state index is -0.839. The maximum absolute atomic E-state index is 12.4. The second-order valence-corrected chi connectivity index (χ2v) is 21.0. The first-order valence-electron chi connectivity index (χ1n) is 30.6. The Balaban J connectivity index is 3.31. The van der Waals surface area contributed by atoms with Gasteiger partial charge >= 0.3 is 5.97 Å². The molecule has 0 spiro atoms. The highest BCUT2D eigenvalue weighted by molar-refractivity contribution is 5.76. The van der Waals surface area contributed by atoms with E-state index in [2.05, 4.69) is 31.3 Å². The van der Waals surface area contributed by atoms with Crippen molar-refractivity contribution in [2.45, 2.75) is 347 Å². The number of carbonyl (C=O) groups is 2. The number of nitrogens with one attached hydrogen (secondary N) is 1. The van der Waals surface area contributed by atoms with Crippen LogP contribution in [0.15, 0.2) is 24.3 Å². The maximum atomic E-state index is 12.4. The van der Waals surface area contributed by atoms with Crippen molar-refractivity contribution in [2.75, 3.05) is 13.2 Å². The molecule has 0 saturated carbocycles. The fourth-order valence-electron chi connectivity index (χ4n) is 9.51. The fraction of sp³-hybridized carbons (Fsp3) is 0.903. The first-order chi connectivity index (χ1) is 33.5. The predicted octanol–water partition coefficient (Wildman–Crippen LogP) is 19.0. The van der Waals surface area contributed by atoms with Crippen LogP contribution in [0.4, 0.5) is 0 Å². The summed E-state index contributed by atoms with van der Waals surface area (Å²) in [5.74, 6) is -0.0565. The third kappa shape index (κ3) is 53.7. The SMILES string of the molecule is CCCCCC/C=C\CCCCCCCC(=O)OCCCCCCCCCCCCCCCCCCCCCCCCCCCCCCCC(=O)NC(CO)C(O)/C=C/CCCCCCCCC. The van der Waals surface area contributed by atoms with Crippen molar-refractivity contribution >= 4 is 11.9 Å². The number of hydrogen-bond donors (Lipinski definition) is 3. The number of unbranched alkanes of at least 4 members (excludes halogenated alkanes) is 44. The van der Waals surface area contributed by atoms with E-state index in [1.807, 2.05) is 6.08 Å². The Morgan fingerprint density at radius 2 is 0.691 bits per heavy atom. The Morgan fingerprint density at radius 3 is 1.06 bits per heavy atom. The molecular formula is C62H119NO5. The van der Waals surface area contributed by atoms with Crippen molar-refractivity contribution in [2.24, 2.45) is 0 Å². The van der Waals surface area contributed by atoms with Gasteiger partial charge in [-0.15, -0.1) is 0 Å². The summed E-state index contributed by atoms with van der Waals surface area (Å²) >= 11 is 0. The summed E-state index contributed by atoms with van der Waals surface area (Å²) < 4.78 is 5.48. The summed E-state index contributed by atoms with van der Waals surface area (Å²) in [5.41, 5.74) is 0. The van der Waals surface area contributed by atoms with Gasteiger partial charge in [0.2, 0.25) is 5.91 Å². The molecule has 1 amide bonds. The predicted molar refractivity (Wildman–Crippen MR) is 296 cm³/mol. The number of aliphatic hydroxyl groups is 2. The van der Waals surface area contributed by atoms with Gasteiger partial charge in [0.15, 0.2) is 0 Å². The number of allylic oxidation sites excluding steroid dienone is 3. The van der Waals surface area contributed by atoms with Gasteiger partial charge in [0, 0.05) is 12.8 Å². The lowest BCUT2D eigenvalue weighted by atomic mass is 10.0. The van der Waals surface area contributed by atoms with Crippen LogP contribution < -0.4 is 5.32 Å². The van der Waals surface area contributed by atoms with Gasteiger partial charge in [-0.2, -0.15) is 0 Å². The largest absolute Gasteiger partial charge is 0.466 e. The first-order valence-corrected chi connectivity index (χ1v) is 30.6. The zero-order valence-electron chi connectivity index (χ0n) is 45.9. The van der Waals surface area contributed by atoms with Crippen molar-refractivity contribution in [1.82, 2.24) is 5.32 Å². The fourth-order valence-corrected chi connectivity index (χ4v) is 9.51. The van der Waals surface area contributed by atoms with Crippen molar-refractivity contribution in [1.29, 1.82) is 0 Å². The number of ether oxygens (including phenoxy) is 1. The number of carbonyl (C=O) groups excluding carboxylic acids is 2. The summed E-state index contributed by atoms with van der Waals surface area (Å²) in [5, 5.41) is 22.9. The Bertz CT molecular complexity index is 1060. The number of amides is 1. The van der Waals surface area contributed by atoms with Crippen LogP contribution >= 0.6 is 0 Å². The van der Waals surface area contributed by atoms with E-state index in [4.69, 9.17) is 4.74 Å². The quantitative estimate of drug-likeness (QED) is 0.0321. The Hall–Kier alpha value is -1.66. The van der Waals surface area contributed by atoms with Crippen LogP contribution in [0.5, 0.6) is 0 Å². The van der Waals surface area contributed by atoms with Gasteiger partial charge < -0.3 is 20.3 Å². The summed E-state index contributed by atoms with van der Waals surface area (Å²) in [4.78, 5) is 24.4. The van der Waals surface area contributed by atoms with E-state index < -0.39 is 12.1 Å². The van der Waals surface area contributed by atoms with E-state index in [0.717, 1.165) is 44.9 Å². The number of rotatable bonds is 57. The lowest BCUT2D eigenvalue weighted by molar-refractivity contribution is -0.143. The third-order valence-electron chi connectivity index (χ3n) is 14.2. The zero-order chi connectivity index (χ0) is 49.3. The van der Waals surface area contributed by atoms with E-state index >= 15 is 0 Å². The van der Waals surface area contributed by atoms with E-state index in [0.29, 0.717) is 19.4 Å².